The first-order chi connectivity index (χ1) is 7.38. The molecule has 76 valence electrons. The van der Waals surface area contributed by atoms with Crippen molar-refractivity contribution in [2.24, 2.45) is 59.2 Å². The van der Waals surface area contributed by atoms with E-state index in [1.807, 2.05) is 0 Å². The van der Waals surface area contributed by atoms with Crippen LogP contribution < -0.4 is 0 Å². The van der Waals surface area contributed by atoms with E-state index in [0.717, 1.165) is 47.3 Å². The summed E-state index contributed by atoms with van der Waals surface area (Å²) in [6, 6.07) is 0. The third kappa shape index (κ3) is 0.448. The lowest BCUT2D eigenvalue weighted by atomic mass is 9.54. The van der Waals surface area contributed by atoms with Gasteiger partial charge in [0, 0.05) is 11.8 Å². The zero-order valence-corrected chi connectivity index (χ0v) is 8.54. The molecule has 7 aliphatic carbocycles. The maximum Gasteiger partial charge on any atom is 0.140 e. The average molecular weight is 198 g/mol. The number of hydrogen-bond donors (Lipinski definition) is 0. The van der Waals surface area contributed by atoms with Crippen LogP contribution in [0.3, 0.4) is 0 Å². The molecule has 7 aliphatic rings. The Balaban J connectivity index is 1.74. The minimum absolute atomic E-state index is 0.534. The van der Waals surface area contributed by atoms with Crippen molar-refractivity contribution < 1.29 is 4.79 Å². The molecule has 0 radical (unpaired) electrons. The SMILES string of the molecule is O=C1C2C3CC4C=CC5C3C3C1C3C5C42. The lowest BCUT2D eigenvalue weighted by Crippen LogP contribution is -2.50. The summed E-state index contributed by atoms with van der Waals surface area (Å²) in [7, 11) is 0. The molecule has 0 aromatic rings. The number of allylic oxidation sites excluding steroid dienone is 2. The van der Waals surface area contributed by atoms with Gasteiger partial charge in [0.05, 0.1) is 0 Å². The molecular formula is C14H14O. The molecule has 10 unspecified atom stereocenters. The molecule has 0 spiro atoms. The second-order valence-corrected chi connectivity index (χ2v) is 6.87. The van der Waals surface area contributed by atoms with E-state index < -0.39 is 0 Å². The van der Waals surface area contributed by atoms with Crippen LogP contribution in [0.5, 0.6) is 0 Å². The van der Waals surface area contributed by atoms with Crippen molar-refractivity contribution in [3.05, 3.63) is 12.2 Å². The van der Waals surface area contributed by atoms with Crippen LogP contribution in [0.25, 0.3) is 0 Å². The second-order valence-electron chi connectivity index (χ2n) is 6.87. The van der Waals surface area contributed by atoms with Gasteiger partial charge in [0.15, 0.2) is 0 Å². The molecule has 7 rings (SSSR count). The van der Waals surface area contributed by atoms with Crippen LogP contribution in [-0.2, 0) is 4.79 Å². The topological polar surface area (TPSA) is 17.1 Å². The molecule has 0 aromatic heterocycles. The largest absolute Gasteiger partial charge is 0.299 e. The molecule has 0 aromatic carbocycles. The highest BCUT2D eigenvalue weighted by atomic mass is 16.1. The van der Waals surface area contributed by atoms with Crippen molar-refractivity contribution in [1.82, 2.24) is 0 Å². The molecule has 0 saturated heterocycles. The van der Waals surface area contributed by atoms with Crippen molar-refractivity contribution in [2.75, 3.05) is 0 Å². The smallest absolute Gasteiger partial charge is 0.140 e. The zero-order valence-electron chi connectivity index (χ0n) is 8.54. The van der Waals surface area contributed by atoms with E-state index in [1.54, 1.807) is 0 Å². The van der Waals surface area contributed by atoms with Gasteiger partial charge in [0.25, 0.3) is 0 Å². The minimum atomic E-state index is 0.534. The highest BCUT2D eigenvalue weighted by Crippen LogP contribution is 2.83. The van der Waals surface area contributed by atoms with Gasteiger partial charge in [-0.05, 0) is 53.8 Å². The second kappa shape index (κ2) is 1.65. The van der Waals surface area contributed by atoms with E-state index in [0.29, 0.717) is 17.6 Å². The predicted molar refractivity (Wildman–Crippen MR) is 53.7 cm³/mol. The average Bonchev–Trinajstić information content (AvgIpc) is 2.79. The summed E-state index contributed by atoms with van der Waals surface area (Å²) in [5.41, 5.74) is 0. The number of ketones is 1. The summed E-state index contributed by atoms with van der Waals surface area (Å²) in [5.74, 6) is 8.80. The van der Waals surface area contributed by atoms with Crippen molar-refractivity contribution in [1.29, 1.82) is 0 Å². The highest BCUT2D eigenvalue weighted by molar-refractivity contribution is 5.91. The summed E-state index contributed by atoms with van der Waals surface area (Å²) in [4.78, 5) is 12.3. The standard InChI is InChI=1S/C14H14O/c15-14-10-6-3-4-1-2-5-8(6)11-12(13(11)14)9(5)7(4)10/h1-2,4-13H,3H2. The fourth-order valence-electron chi connectivity index (χ4n) is 7.03. The number of Topliss-reactive ketones (excluding diaryl/α,β-unsaturated/α-hetero) is 1. The van der Waals surface area contributed by atoms with E-state index in [9.17, 15) is 4.79 Å². The number of carbonyl (C=O) groups is 1. The molecule has 15 heavy (non-hydrogen) atoms. The zero-order chi connectivity index (χ0) is 9.47. The van der Waals surface area contributed by atoms with Crippen molar-refractivity contribution in [3.8, 4) is 0 Å². The Morgan fingerprint density at radius 1 is 0.933 bits per heavy atom. The van der Waals surface area contributed by atoms with Gasteiger partial charge in [-0.1, -0.05) is 12.2 Å². The molecule has 6 saturated carbocycles. The van der Waals surface area contributed by atoms with Crippen LogP contribution in [0.1, 0.15) is 6.42 Å². The lowest BCUT2D eigenvalue weighted by Gasteiger charge is -2.49. The number of rotatable bonds is 0. The lowest BCUT2D eigenvalue weighted by molar-refractivity contribution is -0.139. The maximum atomic E-state index is 12.3. The Labute approximate surface area is 88.9 Å². The minimum Gasteiger partial charge on any atom is -0.299 e. The van der Waals surface area contributed by atoms with Crippen LogP contribution in [0.2, 0.25) is 0 Å². The Morgan fingerprint density at radius 2 is 1.80 bits per heavy atom. The summed E-state index contributed by atoms with van der Waals surface area (Å²) >= 11 is 0. The fourth-order valence-corrected chi connectivity index (χ4v) is 7.03. The van der Waals surface area contributed by atoms with Gasteiger partial charge in [0.1, 0.15) is 5.78 Å². The fraction of sp³-hybridized carbons (Fsp3) is 0.786. The van der Waals surface area contributed by atoms with E-state index in [-0.39, 0.29) is 0 Å². The summed E-state index contributed by atoms with van der Waals surface area (Å²) in [6.07, 6.45) is 6.40. The molecule has 6 fully saturated rings. The van der Waals surface area contributed by atoms with E-state index in [4.69, 9.17) is 0 Å². The van der Waals surface area contributed by atoms with Crippen molar-refractivity contribution in [3.63, 3.8) is 0 Å². The molecule has 1 heteroatoms. The van der Waals surface area contributed by atoms with Gasteiger partial charge < -0.3 is 0 Å². The molecule has 0 amide bonds. The quantitative estimate of drug-likeness (QED) is 0.542. The van der Waals surface area contributed by atoms with Crippen LogP contribution in [0, 0.1) is 59.2 Å². The third-order valence-corrected chi connectivity index (χ3v) is 7.00. The van der Waals surface area contributed by atoms with Gasteiger partial charge in [-0.3, -0.25) is 4.79 Å². The Bertz CT molecular complexity index is 438. The van der Waals surface area contributed by atoms with Gasteiger partial charge in [-0.15, -0.1) is 0 Å². The third-order valence-electron chi connectivity index (χ3n) is 7.00. The molecule has 0 heterocycles. The van der Waals surface area contributed by atoms with Gasteiger partial charge >= 0.3 is 0 Å². The summed E-state index contributed by atoms with van der Waals surface area (Å²) in [5, 5.41) is 0. The van der Waals surface area contributed by atoms with Crippen LogP contribution in [0.4, 0.5) is 0 Å². The highest BCUT2D eigenvalue weighted by Gasteiger charge is 2.82. The van der Waals surface area contributed by atoms with Gasteiger partial charge in [-0.25, -0.2) is 0 Å². The Kier molecular flexibility index (Phi) is 0.755. The number of carbonyl (C=O) groups excluding carboxylic acids is 1. The van der Waals surface area contributed by atoms with E-state index in [2.05, 4.69) is 12.2 Å². The molecular weight excluding hydrogens is 184 g/mol. The molecule has 0 N–H and O–H groups in total. The Hall–Kier alpha value is -0.590. The van der Waals surface area contributed by atoms with E-state index >= 15 is 0 Å². The van der Waals surface area contributed by atoms with Crippen LogP contribution in [-0.4, -0.2) is 5.78 Å². The molecule has 1 nitrogen and oxygen atoms in total. The first-order valence-corrected chi connectivity index (χ1v) is 6.60. The summed E-state index contributed by atoms with van der Waals surface area (Å²) < 4.78 is 0. The predicted octanol–water partition coefficient (Wildman–Crippen LogP) is 1.75. The van der Waals surface area contributed by atoms with Crippen LogP contribution >= 0.6 is 0 Å². The first-order valence-electron chi connectivity index (χ1n) is 6.60. The van der Waals surface area contributed by atoms with E-state index in [1.165, 1.54) is 6.42 Å². The van der Waals surface area contributed by atoms with Crippen molar-refractivity contribution in [2.45, 2.75) is 6.42 Å². The first kappa shape index (κ1) is 6.88. The normalized spacial score (nSPS) is 78.3. The molecule has 0 aliphatic heterocycles. The van der Waals surface area contributed by atoms with Gasteiger partial charge in [-0.2, -0.15) is 0 Å². The Morgan fingerprint density at radius 3 is 2.73 bits per heavy atom. The summed E-state index contributed by atoms with van der Waals surface area (Å²) in [6.45, 7) is 0. The molecule has 10 atom stereocenters. The monoisotopic (exact) mass is 198 g/mol. The van der Waals surface area contributed by atoms with Crippen molar-refractivity contribution >= 4 is 5.78 Å². The van der Waals surface area contributed by atoms with Crippen LogP contribution in [0.15, 0.2) is 12.2 Å². The molecule has 7 bridgehead atoms. The van der Waals surface area contributed by atoms with Gasteiger partial charge in [0.2, 0.25) is 0 Å². The number of hydrogen-bond acceptors (Lipinski definition) is 1. The maximum absolute atomic E-state index is 12.3.